The van der Waals surface area contributed by atoms with Crippen LogP contribution in [-0.4, -0.2) is 23.2 Å². The van der Waals surface area contributed by atoms with Crippen molar-refractivity contribution < 1.29 is 14.6 Å². The number of aromatic nitrogens is 1. The predicted octanol–water partition coefficient (Wildman–Crippen LogP) is 1.06. The number of carboxylic acids is 1. The van der Waals surface area contributed by atoms with Gasteiger partial charge in [-0.3, -0.25) is 4.79 Å². The molecule has 1 aromatic heterocycles. The van der Waals surface area contributed by atoms with Crippen LogP contribution in [0.4, 0.5) is 0 Å². The minimum atomic E-state index is -0.675. The summed E-state index contributed by atoms with van der Waals surface area (Å²) in [5, 5.41) is 8.94. The van der Waals surface area contributed by atoms with Crippen molar-refractivity contribution in [2.45, 2.75) is 12.3 Å². The Hall–Kier alpha value is -1.58. The van der Waals surface area contributed by atoms with Crippen LogP contribution in [0.1, 0.15) is 17.0 Å². The fourth-order valence-electron chi connectivity index (χ4n) is 2.72. The second kappa shape index (κ2) is 2.72. The summed E-state index contributed by atoms with van der Waals surface area (Å²) in [4.78, 5) is 15.0. The molecular formula is C11H11NO3. The molecule has 15 heavy (non-hydrogen) atoms. The smallest absolute Gasteiger partial charge is 0.307 e. The number of methoxy groups -OCH3 is 1. The largest absolute Gasteiger partial charge is 0.481 e. The first-order valence-electron chi connectivity index (χ1n) is 4.98. The number of hydrogen-bond donors (Lipinski definition) is 1. The van der Waals surface area contributed by atoms with E-state index in [0.717, 1.165) is 12.0 Å². The van der Waals surface area contributed by atoms with Gasteiger partial charge in [0.1, 0.15) is 0 Å². The Bertz CT molecular complexity index is 443. The number of carboxylic acid groups (broad SMARTS) is 1. The van der Waals surface area contributed by atoms with Gasteiger partial charge in [0.2, 0.25) is 5.88 Å². The van der Waals surface area contributed by atoms with Gasteiger partial charge in [-0.1, -0.05) is 0 Å². The fraction of sp³-hybridized carbons (Fsp3) is 0.455. The lowest BCUT2D eigenvalue weighted by atomic mass is 10.0. The van der Waals surface area contributed by atoms with Crippen molar-refractivity contribution in [3.63, 3.8) is 0 Å². The first-order chi connectivity index (χ1) is 7.22. The number of aliphatic carboxylic acids is 1. The summed E-state index contributed by atoms with van der Waals surface area (Å²) in [7, 11) is 1.59. The van der Waals surface area contributed by atoms with Gasteiger partial charge in [-0.15, -0.1) is 0 Å². The molecule has 3 unspecified atom stereocenters. The van der Waals surface area contributed by atoms with Gasteiger partial charge in [0.25, 0.3) is 0 Å². The third-order valence-corrected chi connectivity index (χ3v) is 3.48. The van der Waals surface area contributed by atoms with E-state index in [-0.39, 0.29) is 11.8 Å². The molecule has 0 saturated heterocycles. The van der Waals surface area contributed by atoms with Crippen LogP contribution in [0.15, 0.2) is 12.3 Å². The van der Waals surface area contributed by atoms with Gasteiger partial charge in [-0.2, -0.15) is 0 Å². The molecule has 78 valence electrons. The van der Waals surface area contributed by atoms with E-state index >= 15 is 0 Å². The van der Waals surface area contributed by atoms with E-state index in [9.17, 15) is 4.79 Å². The molecule has 4 nitrogen and oxygen atoms in total. The van der Waals surface area contributed by atoms with Crippen molar-refractivity contribution in [1.82, 2.24) is 4.98 Å². The number of rotatable bonds is 2. The number of ether oxygens (including phenoxy) is 1. The number of hydrogen-bond acceptors (Lipinski definition) is 3. The zero-order chi connectivity index (χ0) is 10.6. The fourth-order valence-corrected chi connectivity index (χ4v) is 2.72. The maximum absolute atomic E-state index is 10.9. The normalized spacial score (nSPS) is 30.6. The van der Waals surface area contributed by atoms with E-state index in [4.69, 9.17) is 9.84 Å². The van der Waals surface area contributed by atoms with Gasteiger partial charge < -0.3 is 9.84 Å². The lowest BCUT2D eigenvalue weighted by Gasteiger charge is -2.06. The number of pyridine rings is 1. The van der Waals surface area contributed by atoms with Gasteiger partial charge in [0.15, 0.2) is 0 Å². The molecule has 3 atom stereocenters. The molecule has 2 aliphatic carbocycles. The highest BCUT2D eigenvalue weighted by Gasteiger charge is 2.59. The van der Waals surface area contributed by atoms with Crippen LogP contribution in [0, 0.1) is 11.8 Å². The second-order valence-corrected chi connectivity index (χ2v) is 4.18. The van der Waals surface area contributed by atoms with Crippen LogP contribution in [0.25, 0.3) is 0 Å². The van der Waals surface area contributed by atoms with E-state index in [1.807, 2.05) is 6.07 Å². The molecule has 1 aromatic rings. The molecule has 1 saturated carbocycles. The molecule has 1 heterocycles. The van der Waals surface area contributed by atoms with Crippen molar-refractivity contribution >= 4 is 5.97 Å². The number of carbonyl (C=O) groups is 1. The zero-order valence-corrected chi connectivity index (χ0v) is 8.30. The Labute approximate surface area is 86.9 Å². The average molecular weight is 205 g/mol. The van der Waals surface area contributed by atoms with Crippen LogP contribution in [-0.2, 0) is 11.2 Å². The lowest BCUT2D eigenvalue weighted by molar-refractivity contribution is -0.139. The highest BCUT2D eigenvalue weighted by molar-refractivity contribution is 5.77. The summed E-state index contributed by atoms with van der Waals surface area (Å²) in [6.45, 7) is 0. The maximum Gasteiger partial charge on any atom is 0.307 e. The Morgan fingerprint density at radius 1 is 1.67 bits per heavy atom. The van der Waals surface area contributed by atoms with E-state index in [1.54, 1.807) is 13.3 Å². The molecule has 3 rings (SSSR count). The molecule has 0 amide bonds. The second-order valence-electron chi connectivity index (χ2n) is 4.18. The van der Waals surface area contributed by atoms with Crippen LogP contribution in [0.5, 0.6) is 5.88 Å². The molecule has 1 fully saturated rings. The quantitative estimate of drug-likeness (QED) is 0.784. The highest BCUT2D eigenvalue weighted by atomic mass is 16.5. The van der Waals surface area contributed by atoms with E-state index in [2.05, 4.69) is 4.98 Å². The first-order valence-corrected chi connectivity index (χ1v) is 4.98. The van der Waals surface area contributed by atoms with Gasteiger partial charge in [0, 0.05) is 18.2 Å². The molecule has 0 aromatic carbocycles. The summed E-state index contributed by atoms with van der Waals surface area (Å²) >= 11 is 0. The summed E-state index contributed by atoms with van der Waals surface area (Å²) in [5.41, 5.74) is 2.31. The summed E-state index contributed by atoms with van der Waals surface area (Å²) in [6, 6.07) is 1.92. The minimum absolute atomic E-state index is 0.173. The number of fused-ring (bicyclic) bond motifs is 3. The Morgan fingerprint density at radius 2 is 2.47 bits per heavy atom. The van der Waals surface area contributed by atoms with Gasteiger partial charge in [-0.05, 0) is 23.5 Å². The minimum Gasteiger partial charge on any atom is -0.481 e. The topological polar surface area (TPSA) is 59.4 Å². The molecule has 0 spiro atoms. The van der Waals surface area contributed by atoms with Crippen molar-refractivity contribution in [3.05, 3.63) is 23.4 Å². The Morgan fingerprint density at radius 3 is 3.13 bits per heavy atom. The molecule has 4 heteroatoms. The average Bonchev–Trinajstić information content (AvgIpc) is 2.82. The highest BCUT2D eigenvalue weighted by Crippen LogP contribution is 2.61. The zero-order valence-electron chi connectivity index (χ0n) is 8.30. The molecule has 0 aliphatic heterocycles. The molecule has 2 aliphatic rings. The molecule has 0 bridgehead atoms. The van der Waals surface area contributed by atoms with Gasteiger partial charge in [-0.25, -0.2) is 4.98 Å². The summed E-state index contributed by atoms with van der Waals surface area (Å²) in [5.74, 6) is 0.267. The first kappa shape index (κ1) is 8.71. The van der Waals surface area contributed by atoms with Crippen LogP contribution in [0.3, 0.4) is 0 Å². The molecule has 0 radical (unpaired) electrons. The Kier molecular flexibility index (Phi) is 1.58. The molecule has 1 N–H and O–H groups in total. The third-order valence-electron chi connectivity index (χ3n) is 3.48. The Balaban J connectivity index is 1.94. The number of nitrogens with zero attached hydrogens (tertiary/aromatic N) is 1. The van der Waals surface area contributed by atoms with Crippen molar-refractivity contribution in [2.75, 3.05) is 7.11 Å². The maximum atomic E-state index is 10.9. The third kappa shape index (κ3) is 1.07. The summed E-state index contributed by atoms with van der Waals surface area (Å²) < 4.78 is 5.04. The van der Waals surface area contributed by atoms with Gasteiger partial charge >= 0.3 is 5.97 Å². The predicted molar refractivity (Wildman–Crippen MR) is 51.8 cm³/mol. The van der Waals surface area contributed by atoms with Crippen molar-refractivity contribution in [2.24, 2.45) is 11.8 Å². The standard InChI is InChI=1S/C11H11NO3/c1-15-8-3-5-2-6-9(7(5)4-12-8)10(6)11(13)14/h3-4,6,9-10H,2H2,1H3,(H,13,14). The molecular weight excluding hydrogens is 194 g/mol. The van der Waals surface area contributed by atoms with Crippen LogP contribution in [0.2, 0.25) is 0 Å². The van der Waals surface area contributed by atoms with Gasteiger partial charge in [0.05, 0.1) is 13.0 Å². The van der Waals surface area contributed by atoms with E-state index in [0.29, 0.717) is 11.8 Å². The monoisotopic (exact) mass is 205 g/mol. The van der Waals surface area contributed by atoms with Crippen molar-refractivity contribution in [1.29, 1.82) is 0 Å². The van der Waals surface area contributed by atoms with Crippen LogP contribution >= 0.6 is 0 Å². The SMILES string of the molecule is COc1cc2c(cn1)C1C(C2)C1C(=O)O. The summed E-state index contributed by atoms with van der Waals surface area (Å²) in [6.07, 6.45) is 2.62. The van der Waals surface area contributed by atoms with Crippen LogP contribution < -0.4 is 4.74 Å². The van der Waals surface area contributed by atoms with E-state index < -0.39 is 5.97 Å². The lowest BCUT2D eigenvalue weighted by Crippen LogP contribution is -2.05. The van der Waals surface area contributed by atoms with Crippen molar-refractivity contribution in [3.8, 4) is 5.88 Å². The van der Waals surface area contributed by atoms with E-state index in [1.165, 1.54) is 5.56 Å².